The molecular weight excluding hydrogens is 166 g/mol. The van der Waals surface area contributed by atoms with Gasteiger partial charge in [-0.15, -0.1) is 0 Å². The zero-order valence-corrected chi connectivity index (χ0v) is 8.66. The Morgan fingerprint density at radius 3 is 2.15 bits per heavy atom. The van der Waals surface area contributed by atoms with Gasteiger partial charge in [0, 0.05) is 25.2 Å². The van der Waals surface area contributed by atoms with Crippen molar-refractivity contribution in [2.75, 3.05) is 19.6 Å². The van der Waals surface area contributed by atoms with Gasteiger partial charge in [0.1, 0.15) is 0 Å². The van der Waals surface area contributed by atoms with Crippen molar-refractivity contribution in [2.24, 2.45) is 5.73 Å². The summed E-state index contributed by atoms with van der Waals surface area (Å²) in [6, 6.07) is 0.539. The van der Waals surface area contributed by atoms with Gasteiger partial charge in [-0.25, -0.2) is 4.79 Å². The van der Waals surface area contributed by atoms with Crippen LogP contribution in [-0.2, 0) is 0 Å². The van der Waals surface area contributed by atoms with Crippen LogP contribution in [0.15, 0.2) is 0 Å². The Morgan fingerprint density at radius 1 is 1.38 bits per heavy atom. The number of carbonyl (C=O) groups excluding carboxylic acids is 1. The molecule has 1 aliphatic rings. The Bertz CT molecular complexity index is 183. The van der Waals surface area contributed by atoms with Crippen molar-refractivity contribution in [2.45, 2.75) is 32.9 Å². The number of carbonyl (C=O) groups is 1. The molecule has 0 aromatic rings. The minimum absolute atomic E-state index is 0.297. The topological polar surface area (TPSA) is 49.6 Å². The third kappa shape index (κ3) is 2.12. The minimum atomic E-state index is -0.297. The van der Waals surface area contributed by atoms with Crippen LogP contribution in [0, 0.1) is 0 Å². The number of primary amides is 1. The van der Waals surface area contributed by atoms with Crippen LogP contribution in [0.5, 0.6) is 0 Å². The number of nitrogens with zero attached hydrogens (tertiary/aromatic N) is 2. The maximum absolute atomic E-state index is 11.0. The molecule has 76 valence electrons. The number of likely N-dealkylation sites (N-methyl/N-ethyl adjacent to an activating group) is 1. The zero-order valence-electron chi connectivity index (χ0n) is 8.66. The normalized spacial score (nSPS) is 30.5. The standard InChI is InChI=1S/C9H19N3O/c1-4-12-7(2)5-11(9(10)13)6-8(12)3/h7-8H,4-6H2,1-3H3,(H2,10,13). The van der Waals surface area contributed by atoms with Crippen molar-refractivity contribution in [3.8, 4) is 0 Å². The van der Waals surface area contributed by atoms with Crippen molar-refractivity contribution in [1.29, 1.82) is 0 Å². The number of urea groups is 1. The van der Waals surface area contributed by atoms with Crippen LogP contribution in [-0.4, -0.2) is 47.5 Å². The third-order valence-corrected chi connectivity index (χ3v) is 2.78. The Kier molecular flexibility index (Phi) is 3.14. The maximum atomic E-state index is 11.0. The number of hydrogen-bond acceptors (Lipinski definition) is 2. The number of rotatable bonds is 1. The molecule has 0 saturated carbocycles. The molecule has 1 fully saturated rings. The van der Waals surface area contributed by atoms with Gasteiger partial charge in [-0.2, -0.15) is 0 Å². The highest BCUT2D eigenvalue weighted by molar-refractivity contribution is 5.72. The average Bonchev–Trinajstić information content (AvgIpc) is 2.03. The number of hydrogen-bond donors (Lipinski definition) is 1. The Balaban J connectivity index is 2.61. The molecule has 1 saturated heterocycles. The molecule has 2 amide bonds. The summed E-state index contributed by atoms with van der Waals surface area (Å²) in [6.45, 7) is 8.97. The smallest absolute Gasteiger partial charge is 0.314 e. The van der Waals surface area contributed by atoms with Gasteiger partial charge in [0.25, 0.3) is 0 Å². The van der Waals surface area contributed by atoms with E-state index >= 15 is 0 Å². The predicted molar refractivity (Wildman–Crippen MR) is 52.5 cm³/mol. The van der Waals surface area contributed by atoms with Gasteiger partial charge < -0.3 is 10.6 Å². The first-order chi connectivity index (χ1) is 6.06. The van der Waals surface area contributed by atoms with Gasteiger partial charge in [0.15, 0.2) is 0 Å². The quantitative estimate of drug-likeness (QED) is 0.646. The van der Waals surface area contributed by atoms with Crippen molar-refractivity contribution in [3.05, 3.63) is 0 Å². The fraction of sp³-hybridized carbons (Fsp3) is 0.889. The molecule has 4 heteroatoms. The molecule has 0 aromatic carbocycles. The van der Waals surface area contributed by atoms with Crippen LogP contribution in [0.1, 0.15) is 20.8 Å². The van der Waals surface area contributed by atoms with E-state index in [0.29, 0.717) is 12.1 Å². The molecule has 1 heterocycles. The van der Waals surface area contributed by atoms with Crippen molar-refractivity contribution in [3.63, 3.8) is 0 Å². The van der Waals surface area contributed by atoms with Crippen LogP contribution in [0.25, 0.3) is 0 Å². The molecule has 4 nitrogen and oxygen atoms in total. The van der Waals surface area contributed by atoms with E-state index in [1.807, 2.05) is 0 Å². The highest BCUT2D eigenvalue weighted by Crippen LogP contribution is 2.14. The first-order valence-electron chi connectivity index (χ1n) is 4.86. The Hall–Kier alpha value is -0.770. The second-order valence-electron chi connectivity index (χ2n) is 3.77. The van der Waals surface area contributed by atoms with Gasteiger partial charge in [0.05, 0.1) is 0 Å². The second-order valence-corrected chi connectivity index (χ2v) is 3.77. The SMILES string of the molecule is CCN1C(C)CN(C(N)=O)CC1C. The summed E-state index contributed by atoms with van der Waals surface area (Å²) in [5.41, 5.74) is 5.25. The van der Waals surface area contributed by atoms with E-state index in [1.54, 1.807) is 4.90 Å². The van der Waals surface area contributed by atoms with Crippen molar-refractivity contribution < 1.29 is 4.79 Å². The molecule has 13 heavy (non-hydrogen) atoms. The lowest BCUT2D eigenvalue weighted by atomic mass is 10.1. The molecule has 2 N–H and O–H groups in total. The molecule has 0 spiro atoms. The number of amides is 2. The first kappa shape index (κ1) is 10.3. The molecule has 1 aliphatic heterocycles. The molecule has 2 atom stereocenters. The largest absolute Gasteiger partial charge is 0.351 e. The summed E-state index contributed by atoms with van der Waals surface area (Å²) in [5.74, 6) is 0. The molecule has 2 unspecified atom stereocenters. The lowest BCUT2D eigenvalue weighted by Crippen LogP contribution is -2.58. The average molecular weight is 185 g/mol. The molecule has 0 radical (unpaired) electrons. The molecular formula is C9H19N3O. The summed E-state index contributed by atoms with van der Waals surface area (Å²) in [5, 5.41) is 0. The first-order valence-corrected chi connectivity index (χ1v) is 4.86. The Labute approximate surface area is 79.7 Å². The summed E-state index contributed by atoms with van der Waals surface area (Å²) in [6.07, 6.45) is 0. The van der Waals surface area contributed by atoms with E-state index in [1.165, 1.54) is 0 Å². The fourth-order valence-corrected chi connectivity index (χ4v) is 2.16. The molecule has 0 aliphatic carbocycles. The van der Waals surface area contributed by atoms with Gasteiger partial charge in [-0.3, -0.25) is 4.90 Å². The van der Waals surface area contributed by atoms with Crippen LogP contribution in [0.4, 0.5) is 4.79 Å². The molecule has 1 rings (SSSR count). The summed E-state index contributed by atoms with van der Waals surface area (Å²) in [7, 11) is 0. The van der Waals surface area contributed by atoms with E-state index < -0.39 is 0 Å². The minimum Gasteiger partial charge on any atom is -0.351 e. The van der Waals surface area contributed by atoms with Crippen molar-refractivity contribution in [1.82, 2.24) is 9.80 Å². The van der Waals surface area contributed by atoms with Crippen LogP contribution in [0.3, 0.4) is 0 Å². The van der Waals surface area contributed by atoms with Crippen LogP contribution < -0.4 is 5.73 Å². The summed E-state index contributed by atoms with van der Waals surface area (Å²) < 4.78 is 0. The fourth-order valence-electron chi connectivity index (χ4n) is 2.16. The van der Waals surface area contributed by atoms with Gasteiger partial charge in [0.2, 0.25) is 0 Å². The summed E-state index contributed by atoms with van der Waals surface area (Å²) >= 11 is 0. The molecule has 0 bridgehead atoms. The third-order valence-electron chi connectivity index (χ3n) is 2.78. The van der Waals surface area contributed by atoms with E-state index in [9.17, 15) is 4.79 Å². The van der Waals surface area contributed by atoms with E-state index in [0.717, 1.165) is 19.6 Å². The maximum Gasteiger partial charge on any atom is 0.314 e. The highest BCUT2D eigenvalue weighted by Gasteiger charge is 2.29. The van der Waals surface area contributed by atoms with Gasteiger partial charge in [-0.05, 0) is 20.4 Å². The van der Waals surface area contributed by atoms with E-state index in [4.69, 9.17) is 5.73 Å². The molecule has 0 aromatic heterocycles. The van der Waals surface area contributed by atoms with E-state index in [-0.39, 0.29) is 6.03 Å². The summed E-state index contributed by atoms with van der Waals surface area (Å²) in [4.78, 5) is 15.1. The number of piperazine rings is 1. The van der Waals surface area contributed by atoms with Gasteiger partial charge >= 0.3 is 6.03 Å². The van der Waals surface area contributed by atoms with Crippen LogP contribution in [0.2, 0.25) is 0 Å². The number of nitrogens with two attached hydrogens (primary N) is 1. The van der Waals surface area contributed by atoms with Crippen LogP contribution >= 0.6 is 0 Å². The van der Waals surface area contributed by atoms with Crippen molar-refractivity contribution >= 4 is 6.03 Å². The van der Waals surface area contributed by atoms with Gasteiger partial charge in [-0.1, -0.05) is 6.92 Å². The monoisotopic (exact) mass is 185 g/mol. The second kappa shape index (κ2) is 3.96. The lowest BCUT2D eigenvalue weighted by molar-refractivity contribution is 0.0624. The zero-order chi connectivity index (χ0) is 10.0. The predicted octanol–water partition coefficient (Wildman–Crippen LogP) is 0.480. The highest BCUT2D eigenvalue weighted by atomic mass is 16.2. The Morgan fingerprint density at radius 2 is 1.85 bits per heavy atom. The van der Waals surface area contributed by atoms with E-state index in [2.05, 4.69) is 25.7 Å². The lowest BCUT2D eigenvalue weighted by Gasteiger charge is -2.43.